The van der Waals surface area contributed by atoms with E-state index in [0.29, 0.717) is 16.6 Å². The SMILES string of the molecule is CC(C(=O)Nc1ccc(Cl)cc1)n1nc(C2CC2)ccc1=O. The van der Waals surface area contributed by atoms with Gasteiger partial charge in [0.2, 0.25) is 5.91 Å². The maximum absolute atomic E-state index is 12.3. The second-order valence-electron chi connectivity index (χ2n) is 5.49. The molecule has 1 aromatic carbocycles. The molecule has 1 heterocycles. The van der Waals surface area contributed by atoms with E-state index in [1.165, 1.54) is 10.7 Å². The molecule has 0 spiro atoms. The van der Waals surface area contributed by atoms with Crippen molar-refractivity contribution in [2.24, 2.45) is 0 Å². The zero-order chi connectivity index (χ0) is 15.7. The van der Waals surface area contributed by atoms with Crippen molar-refractivity contribution in [3.63, 3.8) is 0 Å². The number of amides is 1. The molecule has 1 amide bonds. The van der Waals surface area contributed by atoms with E-state index >= 15 is 0 Å². The zero-order valence-corrected chi connectivity index (χ0v) is 12.9. The highest BCUT2D eigenvalue weighted by Crippen LogP contribution is 2.38. The van der Waals surface area contributed by atoms with Crippen molar-refractivity contribution in [3.8, 4) is 0 Å². The van der Waals surface area contributed by atoms with Crippen LogP contribution in [0.3, 0.4) is 0 Å². The summed E-state index contributed by atoms with van der Waals surface area (Å²) in [6.07, 6.45) is 2.19. The van der Waals surface area contributed by atoms with Crippen molar-refractivity contribution in [2.75, 3.05) is 5.32 Å². The van der Waals surface area contributed by atoms with Gasteiger partial charge in [-0.05, 0) is 50.1 Å². The van der Waals surface area contributed by atoms with Crippen molar-refractivity contribution >= 4 is 23.2 Å². The van der Waals surface area contributed by atoms with Crippen LogP contribution >= 0.6 is 11.6 Å². The minimum absolute atomic E-state index is 0.275. The number of hydrogen-bond acceptors (Lipinski definition) is 3. The van der Waals surface area contributed by atoms with E-state index in [4.69, 9.17) is 11.6 Å². The molecule has 0 radical (unpaired) electrons. The van der Waals surface area contributed by atoms with E-state index in [1.54, 1.807) is 37.3 Å². The summed E-state index contributed by atoms with van der Waals surface area (Å²) in [5.41, 5.74) is 1.24. The van der Waals surface area contributed by atoms with Crippen molar-refractivity contribution in [1.82, 2.24) is 9.78 Å². The third kappa shape index (κ3) is 3.20. The first-order valence-electron chi connectivity index (χ1n) is 7.21. The number of carbonyl (C=O) groups is 1. The first-order chi connectivity index (χ1) is 10.5. The van der Waals surface area contributed by atoms with E-state index < -0.39 is 6.04 Å². The third-order valence-electron chi connectivity index (χ3n) is 3.70. The Bertz CT molecular complexity index is 751. The number of hydrogen-bond donors (Lipinski definition) is 1. The van der Waals surface area contributed by atoms with Crippen molar-refractivity contribution in [2.45, 2.75) is 31.7 Å². The summed E-state index contributed by atoms with van der Waals surface area (Å²) in [7, 11) is 0. The van der Waals surface area contributed by atoms with Crippen LogP contribution < -0.4 is 10.9 Å². The monoisotopic (exact) mass is 317 g/mol. The van der Waals surface area contributed by atoms with Gasteiger partial charge >= 0.3 is 0 Å². The lowest BCUT2D eigenvalue weighted by molar-refractivity contribution is -0.119. The second-order valence-corrected chi connectivity index (χ2v) is 5.92. The number of nitrogens with one attached hydrogen (secondary N) is 1. The molecule has 1 aliphatic carbocycles. The smallest absolute Gasteiger partial charge is 0.267 e. The quantitative estimate of drug-likeness (QED) is 0.943. The summed E-state index contributed by atoms with van der Waals surface area (Å²) < 4.78 is 1.25. The Morgan fingerprint density at radius 1 is 1.27 bits per heavy atom. The number of nitrogens with zero attached hydrogens (tertiary/aromatic N) is 2. The van der Waals surface area contributed by atoms with Crippen LogP contribution in [0.1, 0.15) is 37.4 Å². The molecule has 6 heteroatoms. The molecular weight excluding hydrogens is 302 g/mol. The number of anilines is 1. The molecule has 1 N–H and O–H groups in total. The molecule has 1 unspecified atom stereocenters. The maximum Gasteiger partial charge on any atom is 0.267 e. The Morgan fingerprint density at radius 3 is 2.59 bits per heavy atom. The number of carbonyl (C=O) groups excluding carboxylic acids is 1. The molecule has 3 rings (SSSR count). The van der Waals surface area contributed by atoms with Crippen LogP contribution in [0.2, 0.25) is 5.02 Å². The fraction of sp³-hybridized carbons (Fsp3) is 0.312. The van der Waals surface area contributed by atoms with Gasteiger partial charge < -0.3 is 5.32 Å². The molecule has 1 aromatic heterocycles. The van der Waals surface area contributed by atoms with Gasteiger partial charge in [-0.1, -0.05) is 11.6 Å². The zero-order valence-electron chi connectivity index (χ0n) is 12.1. The average molecular weight is 318 g/mol. The summed E-state index contributed by atoms with van der Waals surface area (Å²) >= 11 is 5.81. The lowest BCUT2D eigenvalue weighted by atomic mass is 10.2. The summed E-state index contributed by atoms with van der Waals surface area (Å²) in [6, 6.07) is 9.36. The van der Waals surface area contributed by atoms with Gasteiger partial charge in [-0.2, -0.15) is 5.10 Å². The molecule has 114 valence electrons. The van der Waals surface area contributed by atoms with Gasteiger partial charge in [-0.15, -0.1) is 0 Å². The second kappa shape index (κ2) is 5.93. The molecule has 1 fully saturated rings. The van der Waals surface area contributed by atoms with Gasteiger partial charge in [0.15, 0.2) is 0 Å². The van der Waals surface area contributed by atoms with Gasteiger partial charge in [-0.3, -0.25) is 9.59 Å². The Hall–Kier alpha value is -2.14. The van der Waals surface area contributed by atoms with Crippen molar-refractivity contribution in [1.29, 1.82) is 0 Å². The Labute approximate surface area is 132 Å². The molecular formula is C16H16ClN3O2. The predicted octanol–water partition coefficient (Wildman–Crippen LogP) is 2.97. The van der Waals surface area contributed by atoms with Crippen LogP contribution in [0.5, 0.6) is 0 Å². The highest BCUT2D eigenvalue weighted by molar-refractivity contribution is 6.30. The predicted molar refractivity (Wildman–Crippen MR) is 85.3 cm³/mol. The van der Waals surface area contributed by atoms with Gasteiger partial charge in [0.1, 0.15) is 6.04 Å². The van der Waals surface area contributed by atoms with E-state index in [2.05, 4.69) is 10.4 Å². The first kappa shape index (κ1) is 14.8. The molecule has 5 nitrogen and oxygen atoms in total. The fourth-order valence-corrected chi connectivity index (χ4v) is 2.33. The van der Waals surface area contributed by atoms with E-state index in [0.717, 1.165) is 18.5 Å². The van der Waals surface area contributed by atoms with E-state index in [-0.39, 0.29) is 11.5 Å². The van der Waals surface area contributed by atoms with Crippen molar-refractivity contribution < 1.29 is 4.79 Å². The topological polar surface area (TPSA) is 64.0 Å². The van der Waals surface area contributed by atoms with Gasteiger partial charge in [-0.25, -0.2) is 4.68 Å². The minimum atomic E-state index is -0.679. The van der Waals surface area contributed by atoms with E-state index in [1.807, 2.05) is 0 Å². The highest BCUT2D eigenvalue weighted by atomic mass is 35.5. The fourth-order valence-electron chi connectivity index (χ4n) is 2.21. The Kier molecular flexibility index (Phi) is 3.98. The van der Waals surface area contributed by atoms with Crippen LogP contribution in [0.25, 0.3) is 0 Å². The van der Waals surface area contributed by atoms with Gasteiger partial charge in [0.05, 0.1) is 5.69 Å². The first-order valence-corrected chi connectivity index (χ1v) is 7.58. The Balaban J connectivity index is 1.79. The molecule has 2 aromatic rings. The average Bonchev–Trinajstić information content (AvgIpc) is 3.34. The maximum atomic E-state index is 12.3. The summed E-state index contributed by atoms with van der Waals surface area (Å²) in [4.78, 5) is 24.3. The van der Waals surface area contributed by atoms with E-state index in [9.17, 15) is 9.59 Å². The molecule has 0 bridgehead atoms. The summed E-state index contributed by atoms with van der Waals surface area (Å²) in [6.45, 7) is 1.66. The molecule has 1 saturated carbocycles. The number of benzene rings is 1. The molecule has 0 saturated heterocycles. The number of rotatable bonds is 4. The molecule has 1 atom stereocenters. The minimum Gasteiger partial charge on any atom is -0.324 e. The van der Waals surface area contributed by atoms with Gasteiger partial charge in [0.25, 0.3) is 5.56 Å². The Morgan fingerprint density at radius 2 is 1.95 bits per heavy atom. The third-order valence-corrected chi connectivity index (χ3v) is 3.95. The normalized spacial score (nSPS) is 15.4. The van der Waals surface area contributed by atoms with Crippen molar-refractivity contribution in [3.05, 3.63) is 57.5 Å². The van der Waals surface area contributed by atoms with Crippen LogP contribution in [-0.2, 0) is 4.79 Å². The highest BCUT2D eigenvalue weighted by Gasteiger charge is 2.27. The lowest BCUT2D eigenvalue weighted by Crippen LogP contribution is -2.33. The summed E-state index contributed by atoms with van der Waals surface area (Å²) in [5, 5.41) is 7.69. The largest absolute Gasteiger partial charge is 0.324 e. The molecule has 0 aliphatic heterocycles. The van der Waals surface area contributed by atoms with Crippen LogP contribution in [0.4, 0.5) is 5.69 Å². The summed E-state index contributed by atoms with van der Waals surface area (Å²) in [5.74, 6) is 0.142. The van der Waals surface area contributed by atoms with Crippen LogP contribution in [0.15, 0.2) is 41.2 Å². The van der Waals surface area contributed by atoms with Gasteiger partial charge in [0, 0.05) is 22.7 Å². The molecule has 22 heavy (non-hydrogen) atoms. The molecule has 1 aliphatic rings. The van der Waals surface area contributed by atoms with Crippen LogP contribution in [-0.4, -0.2) is 15.7 Å². The van der Waals surface area contributed by atoms with Crippen LogP contribution in [0, 0.1) is 0 Å². The lowest BCUT2D eigenvalue weighted by Gasteiger charge is -2.15. The number of aromatic nitrogens is 2. The number of halogens is 1. The standard InChI is InChI=1S/C16H16ClN3O2/c1-10(16(22)18-13-6-4-12(17)5-7-13)20-15(21)9-8-14(19-20)11-2-3-11/h4-11H,2-3H2,1H3,(H,18,22).